The van der Waals surface area contributed by atoms with Crippen LogP contribution in [0.3, 0.4) is 0 Å². The molecular weight excluding hydrogens is 418 g/mol. The second-order valence-corrected chi connectivity index (χ2v) is 8.58. The highest BCUT2D eigenvalue weighted by Crippen LogP contribution is 2.42. The Labute approximate surface area is 183 Å². The Morgan fingerprint density at radius 3 is 2.77 bits per heavy atom. The standard InChI is InChI=1S/C22H20ClN5O3/c1-22(12-6-7-12)20(30)28(21(31)27-22)11-18(29)24-15-9-8-13(23)10-14(15)19-25-16-4-2-3-5-17(16)26-19/h2-5,8-10,12H,6-7,11H2,1H3,(H,24,29)(H,25,26)(H,27,31). The first kappa shape index (κ1) is 19.6. The van der Waals surface area contributed by atoms with Crippen molar-refractivity contribution in [3.05, 3.63) is 47.5 Å². The molecule has 9 heteroatoms. The number of H-pyrrole nitrogens is 1. The van der Waals surface area contributed by atoms with Crippen molar-refractivity contribution in [1.29, 1.82) is 0 Å². The zero-order chi connectivity index (χ0) is 21.8. The summed E-state index contributed by atoms with van der Waals surface area (Å²) in [5, 5.41) is 6.02. The van der Waals surface area contributed by atoms with Gasteiger partial charge < -0.3 is 15.6 Å². The lowest BCUT2D eigenvalue weighted by Gasteiger charge is -2.20. The third kappa shape index (κ3) is 3.42. The van der Waals surface area contributed by atoms with Crippen LogP contribution < -0.4 is 10.6 Å². The molecule has 3 aromatic rings. The Balaban J connectivity index is 1.38. The van der Waals surface area contributed by atoms with Gasteiger partial charge in [0.05, 0.1) is 16.7 Å². The average Bonchev–Trinajstić information content (AvgIpc) is 3.47. The summed E-state index contributed by atoms with van der Waals surface area (Å²) in [7, 11) is 0. The van der Waals surface area contributed by atoms with E-state index in [9.17, 15) is 14.4 Å². The molecule has 2 heterocycles. The smallest absolute Gasteiger partial charge is 0.325 e. The van der Waals surface area contributed by atoms with Gasteiger partial charge in [-0.15, -0.1) is 0 Å². The number of fused-ring (bicyclic) bond motifs is 1. The summed E-state index contributed by atoms with van der Waals surface area (Å²) in [4.78, 5) is 46.6. The number of aromatic nitrogens is 2. The van der Waals surface area contributed by atoms with E-state index in [2.05, 4.69) is 20.6 Å². The van der Waals surface area contributed by atoms with Gasteiger partial charge in [-0.25, -0.2) is 9.78 Å². The number of urea groups is 1. The summed E-state index contributed by atoms with van der Waals surface area (Å²) in [6, 6.07) is 12.1. The number of imidazole rings is 1. The SMILES string of the molecule is CC1(C2CC2)NC(=O)N(CC(=O)Nc2ccc(Cl)cc2-c2nc3ccccc3[nH]2)C1=O. The number of hydrogen-bond donors (Lipinski definition) is 3. The molecule has 1 aromatic heterocycles. The van der Waals surface area contributed by atoms with E-state index >= 15 is 0 Å². The number of nitrogens with one attached hydrogen (secondary N) is 3. The number of aromatic amines is 1. The number of benzene rings is 2. The Kier molecular flexibility index (Phi) is 4.48. The van der Waals surface area contributed by atoms with Gasteiger partial charge in [-0.2, -0.15) is 0 Å². The summed E-state index contributed by atoms with van der Waals surface area (Å²) in [5.41, 5.74) is 1.81. The van der Waals surface area contributed by atoms with E-state index in [4.69, 9.17) is 11.6 Å². The average molecular weight is 438 g/mol. The molecule has 1 saturated carbocycles. The van der Waals surface area contributed by atoms with E-state index in [-0.39, 0.29) is 18.4 Å². The molecular formula is C22H20ClN5O3. The molecule has 4 amide bonds. The monoisotopic (exact) mass is 437 g/mol. The number of imide groups is 1. The van der Waals surface area contributed by atoms with Gasteiger partial charge >= 0.3 is 6.03 Å². The summed E-state index contributed by atoms with van der Waals surface area (Å²) < 4.78 is 0. The van der Waals surface area contributed by atoms with E-state index in [1.807, 2.05) is 24.3 Å². The number of para-hydroxylation sites is 2. The number of amides is 4. The highest BCUT2D eigenvalue weighted by atomic mass is 35.5. The second kappa shape index (κ2) is 7.09. The fourth-order valence-electron chi connectivity index (χ4n) is 4.03. The van der Waals surface area contributed by atoms with Gasteiger partial charge in [0.2, 0.25) is 5.91 Å². The number of carbonyl (C=O) groups is 3. The Bertz CT molecular complexity index is 1200. The first-order chi connectivity index (χ1) is 14.8. The number of nitrogens with zero attached hydrogens (tertiary/aromatic N) is 2. The highest BCUT2D eigenvalue weighted by molar-refractivity contribution is 6.31. The minimum Gasteiger partial charge on any atom is -0.338 e. The highest BCUT2D eigenvalue weighted by Gasteiger charge is 2.56. The van der Waals surface area contributed by atoms with Crippen molar-refractivity contribution < 1.29 is 14.4 Å². The quantitative estimate of drug-likeness (QED) is 0.530. The third-order valence-electron chi connectivity index (χ3n) is 5.90. The maximum absolute atomic E-state index is 12.8. The summed E-state index contributed by atoms with van der Waals surface area (Å²) in [6.07, 6.45) is 1.79. The Morgan fingerprint density at radius 1 is 1.26 bits per heavy atom. The fourth-order valence-corrected chi connectivity index (χ4v) is 4.20. The van der Waals surface area contributed by atoms with Crippen molar-refractivity contribution in [2.45, 2.75) is 25.3 Å². The first-order valence-electron chi connectivity index (χ1n) is 10.0. The first-order valence-corrected chi connectivity index (χ1v) is 10.4. The third-order valence-corrected chi connectivity index (χ3v) is 6.13. The van der Waals surface area contributed by atoms with Crippen molar-refractivity contribution in [3.63, 3.8) is 0 Å². The van der Waals surface area contributed by atoms with Crippen molar-refractivity contribution in [1.82, 2.24) is 20.2 Å². The molecule has 1 aliphatic carbocycles. The maximum Gasteiger partial charge on any atom is 0.325 e. The van der Waals surface area contributed by atoms with Crippen LogP contribution in [0.1, 0.15) is 19.8 Å². The predicted molar refractivity (Wildman–Crippen MR) is 117 cm³/mol. The lowest BCUT2D eigenvalue weighted by atomic mass is 9.96. The fraction of sp³-hybridized carbons (Fsp3) is 0.273. The van der Waals surface area contributed by atoms with Crippen molar-refractivity contribution in [2.75, 3.05) is 11.9 Å². The maximum atomic E-state index is 12.8. The van der Waals surface area contributed by atoms with Crippen LogP contribution in [0.15, 0.2) is 42.5 Å². The van der Waals surface area contributed by atoms with Crippen LogP contribution in [-0.4, -0.2) is 44.8 Å². The van der Waals surface area contributed by atoms with Gasteiger partial charge in [0.15, 0.2) is 0 Å². The minimum absolute atomic E-state index is 0.132. The zero-order valence-corrected chi connectivity index (χ0v) is 17.5. The largest absolute Gasteiger partial charge is 0.338 e. The second-order valence-electron chi connectivity index (χ2n) is 8.14. The summed E-state index contributed by atoms with van der Waals surface area (Å²) in [6.45, 7) is 1.36. The van der Waals surface area contributed by atoms with Crippen molar-refractivity contribution in [3.8, 4) is 11.4 Å². The lowest BCUT2D eigenvalue weighted by molar-refractivity contribution is -0.134. The molecule has 158 valence electrons. The summed E-state index contributed by atoms with van der Waals surface area (Å²) in [5.74, 6) is -0.157. The normalized spacial score (nSPS) is 20.9. The van der Waals surface area contributed by atoms with Gasteiger partial charge in [-0.1, -0.05) is 23.7 Å². The molecule has 31 heavy (non-hydrogen) atoms. The molecule has 1 atom stereocenters. The molecule has 0 spiro atoms. The van der Waals surface area contributed by atoms with Gasteiger partial charge in [0.25, 0.3) is 5.91 Å². The van der Waals surface area contributed by atoms with Gasteiger partial charge in [0.1, 0.15) is 17.9 Å². The van der Waals surface area contributed by atoms with Gasteiger partial charge in [0, 0.05) is 10.6 Å². The molecule has 5 rings (SSSR count). The van der Waals surface area contributed by atoms with E-state index in [1.165, 1.54) is 0 Å². The molecule has 2 aromatic carbocycles. The van der Waals surface area contributed by atoms with Gasteiger partial charge in [-0.3, -0.25) is 14.5 Å². The van der Waals surface area contributed by atoms with E-state index in [1.54, 1.807) is 25.1 Å². The Morgan fingerprint density at radius 2 is 2.03 bits per heavy atom. The van der Waals surface area contributed by atoms with Crippen LogP contribution in [-0.2, 0) is 9.59 Å². The number of rotatable bonds is 5. The molecule has 8 nitrogen and oxygen atoms in total. The molecule has 3 N–H and O–H groups in total. The zero-order valence-electron chi connectivity index (χ0n) is 16.7. The van der Waals surface area contributed by atoms with Crippen LogP contribution in [0.2, 0.25) is 5.02 Å². The number of anilines is 1. The molecule has 1 aliphatic heterocycles. The van der Waals surface area contributed by atoms with Crippen molar-refractivity contribution >= 4 is 46.2 Å². The van der Waals surface area contributed by atoms with E-state index in [0.717, 1.165) is 28.8 Å². The molecule has 0 bridgehead atoms. The van der Waals surface area contributed by atoms with Crippen LogP contribution in [0.4, 0.5) is 10.5 Å². The summed E-state index contributed by atoms with van der Waals surface area (Å²) >= 11 is 6.18. The predicted octanol–water partition coefficient (Wildman–Crippen LogP) is 3.54. The van der Waals surface area contributed by atoms with Gasteiger partial charge in [-0.05, 0) is 56.0 Å². The van der Waals surface area contributed by atoms with Crippen molar-refractivity contribution in [2.24, 2.45) is 5.92 Å². The lowest BCUT2D eigenvalue weighted by Crippen LogP contribution is -2.46. The van der Waals surface area contributed by atoms with Crippen LogP contribution in [0.25, 0.3) is 22.4 Å². The minimum atomic E-state index is -0.920. The van der Waals surface area contributed by atoms with Crippen LogP contribution >= 0.6 is 11.6 Å². The molecule has 2 aliphatic rings. The molecule has 1 saturated heterocycles. The van der Waals surface area contributed by atoms with E-state index < -0.39 is 17.5 Å². The number of hydrogen-bond acceptors (Lipinski definition) is 4. The number of halogens is 1. The Hall–Kier alpha value is -3.39. The number of carbonyl (C=O) groups excluding carboxylic acids is 3. The van der Waals surface area contributed by atoms with Crippen LogP contribution in [0, 0.1) is 5.92 Å². The molecule has 2 fully saturated rings. The molecule has 0 radical (unpaired) electrons. The topological polar surface area (TPSA) is 107 Å². The van der Waals surface area contributed by atoms with E-state index in [0.29, 0.717) is 22.1 Å². The van der Waals surface area contributed by atoms with Crippen LogP contribution in [0.5, 0.6) is 0 Å². The molecule has 1 unspecified atom stereocenters.